The molecule has 0 atom stereocenters. The molecule has 0 unspecified atom stereocenters. The number of amides is 1. The van der Waals surface area contributed by atoms with Crippen LogP contribution in [-0.4, -0.2) is 30.8 Å². The van der Waals surface area contributed by atoms with Gasteiger partial charge in [0.1, 0.15) is 0 Å². The van der Waals surface area contributed by atoms with Gasteiger partial charge in [-0.1, -0.05) is 0 Å². The van der Waals surface area contributed by atoms with E-state index in [4.69, 9.17) is 0 Å². The molecule has 1 amide bonds. The van der Waals surface area contributed by atoms with Crippen LogP contribution in [0.1, 0.15) is 15.9 Å². The van der Waals surface area contributed by atoms with Gasteiger partial charge in [-0.2, -0.15) is 0 Å². The van der Waals surface area contributed by atoms with Crippen molar-refractivity contribution in [1.29, 1.82) is 0 Å². The van der Waals surface area contributed by atoms with E-state index in [1.165, 1.54) is 5.56 Å². The first-order valence-corrected chi connectivity index (χ1v) is 9.23. The van der Waals surface area contributed by atoms with Gasteiger partial charge < -0.3 is 0 Å². The topological polar surface area (TPSA) is 54.9 Å². The summed E-state index contributed by atoms with van der Waals surface area (Å²) < 4.78 is 1.08. The van der Waals surface area contributed by atoms with Crippen molar-refractivity contribution < 1.29 is 4.79 Å². The number of nitrogens with zero attached hydrogens (tertiary/aromatic N) is 2. The van der Waals surface area contributed by atoms with E-state index in [0.29, 0.717) is 11.4 Å². The van der Waals surface area contributed by atoms with E-state index < -0.39 is 0 Å². The van der Waals surface area contributed by atoms with Gasteiger partial charge in [0, 0.05) is 0 Å². The van der Waals surface area contributed by atoms with Crippen molar-refractivity contribution in [2.45, 2.75) is 5.32 Å². The fraction of sp³-hybridized carbons (Fsp3) is 0.0556. The molecule has 0 saturated heterocycles. The van der Waals surface area contributed by atoms with Crippen molar-refractivity contribution in [1.82, 2.24) is 9.97 Å². The van der Waals surface area contributed by atoms with Crippen molar-refractivity contribution in [3.05, 3.63) is 84.3 Å². The third kappa shape index (κ3) is 4.25. The fourth-order valence-electron chi connectivity index (χ4n) is 2.05. The van der Waals surface area contributed by atoms with Crippen LogP contribution in [0.2, 0.25) is 0 Å². The Balaban J connectivity index is 1.73. The molecule has 1 aromatic carbocycles. The van der Waals surface area contributed by atoms with Crippen molar-refractivity contribution in [2.24, 2.45) is 0 Å². The van der Waals surface area contributed by atoms with E-state index in [1.54, 1.807) is 18.5 Å². The van der Waals surface area contributed by atoms with Crippen LogP contribution in [0.25, 0.3) is 0 Å². The Kier molecular flexibility index (Phi) is 5.14. The van der Waals surface area contributed by atoms with E-state index in [2.05, 4.69) is 21.4 Å². The molecule has 3 rings (SSSR count). The first-order chi connectivity index (χ1) is 11.3. The molecule has 0 aliphatic rings. The average molecular weight is 368 g/mol. The molecule has 0 saturated carbocycles. The summed E-state index contributed by atoms with van der Waals surface area (Å²) in [6.45, 7) is 0. The fourth-order valence-corrected chi connectivity index (χ4v) is 4.11. The normalized spacial score (nSPS) is 10.3. The zero-order valence-electron chi connectivity index (χ0n) is 12.3. The first kappa shape index (κ1) is 15.4. The van der Waals surface area contributed by atoms with E-state index in [-0.39, 0.29) is 20.9 Å². The molecule has 0 aliphatic heterocycles. The summed E-state index contributed by atoms with van der Waals surface area (Å²) in [7, 11) is 0. The van der Waals surface area contributed by atoms with Gasteiger partial charge in [0.2, 0.25) is 0 Å². The molecule has 5 heteroatoms. The van der Waals surface area contributed by atoms with Gasteiger partial charge in [-0.05, 0) is 0 Å². The Labute approximate surface area is 141 Å². The van der Waals surface area contributed by atoms with Crippen molar-refractivity contribution in [3.63, 3.8) is 0 Å². The molecule has 114 valence electrons. The molecule has 23 heavy (non-hydrogen) atoms. The van der Waals surface area contributed by atoms with Gasteiger partial charge in [-0.15, -0.1) is 0 Å². The van der Waals surface area contributed by atoms with Gasteiger partial charge in [0.05, 0.1) is 0 Å². The predicted molar refractivity (Wildman–Crippen MR) is 92.0 cm³/mol. The Morgan fingerprint density at radius 2 is 1.87 bits per heavy atom. The van der Waals surface area contributed by atoms with Crippen LogP contribution in [0.3, 0.4) is 0 Å². The van der Waals surface area contributed by atoms with Crippen LogP contribution in [0.15, 0.2) is 73.2 Å². The average Bonchev–Trinajstić information content (AvgIpc) is 2.62. The number of benzene rings is 1. The van der Waals surface area contributed by atoms with Crippen LogP contribution in [-0.2, 0) is 5.32 Å². The molecule has 0 bridgehead atoms. The third-order valence-corrected chi connectivity index (χ3v) is 5.56. The standard InChI is InChI=1S/C18H15N3OSe/c22-18(21-17-9-3-4-11-20-17)15-7-1-2-8-16(15)23-13-14-6-5-10-19-12-14/h1-12H,13H2,(H,20,21,22). The van der Waals surface area contributed by atoms with Crippen molar-refractivity contribution in [2.75, 3.05) is 5.32 Å². The zero-order valence-corrected chi connectivity index (χ0v) is 14.1. The number of carbonyl (C=O) groups is 1. The molecule has 1 N–H and O–H groups in total. The molecule has 0 spiro atoms. The number of anilines is 1. The van der Waals surface area contributed by atoms with Gasteiger partial charge >= 0.3 is 141 Å². The summed E-state index contributed by atoms with van der Waals surface area (Å²) in [5, 5.41) is 3.76. The summed E-state index contributed by atoms with van der Waals surface area (Å²) in [6, 6.07) is 17.2. The summed E-state index contributed by atoms with van der Waals surface area (Å²) in [5.41, 5.74) is 1.90. The quantitative estimate of drug-likeness (QED) is 0.703. The monoisotopic (exact) mass is 369 g/mol. The van der Waals surface area contributed by atoms with Crippen LogP contribution in [0, 0.1) is 0 Å². The van der Waals surface area contributed by atoms with E-state index in [9.17, 15) is 4.79 Å². The molecular formula is C18H15N3OSe. The van der Waals surface area contributed by atoms with E-state index >= 15 is 0 Å². The Hall–Kier alpha value is -2.49. The number of hydrogen-bond donors (Lipinski definition) is 1. The van der Waals surface area contributed by atoms with E-state index in [1.807, 2.05) is 48.7 Å². The molecular weight excluding hydrogens is 353 g/mol. The predicted octanol–water partition coefficient (Wildman–Crippen LogP) is 2.26. The summed E-state index contributed by atoms with van der Waals surface area (Å²) in [5.74, 6) is 0.444. The maximum atomic E-state index is 12.5. The molecule has 0 radical (unpaired) electrons. The Morgan fingerprint density at radius 3 is 2.65 bits per heavy atom. The number of hydrogen-bond acceptors (Lipinski definition) is 3. The number of pyridine rings is 2. The van der Waals surface area contributed by atoms with Gasteiger partial charge in [-0.3, -0.25) is 0 Å². The van der Waals surface area contributed by atoms with Crippen LogP contribution in [0.5, 0.6) is 0 Å². The molecule has 0 fully saturated rings. The minimum absolute atomic E-state index is 0.118. The summed E-state index contributed by atoms with van der Waals surface area (Å²) in [4.78, 5) is 20.8. The van der Waals surface area contributed by atoms with Crippen LogP contribution >= 0.6 is 0 Å². The maximum absolute atomic E-state index is 12.5. The van der Waals surface area contributed by atoms with Gasteiger partial charge in [0.15, 0.2) is 0 Å². The van der Waals surface area contributed by atoms with Gasteiger partial charge in [0.25, 0.3) is 0 Å². The number of nitrogens with one attached hydrogen (secondary N) is 1. The summed E-state index contributed by atoms with van der Waals surface area (Å²) >= 11 is 0.168. The van der Waals surface area contributed by atoms with Crippen LogP contribution in [0.4, 0.5) is 5.82 Å². The Morgan fingerprint density at radius 1 is 1.00 bits per heavy atom. The van der Waals surface area contributed by atoms with E-state index in [0.717, 1.165) is 9.78 Å². The second-order valence-corrected chi connectivity index (χ2v) is 6.95. The molecule has 2 heterocycles. The zero-order chi connectivity index (χ0) is 15.9. The second kappa shape index (κ2) is 7.68. The second-order valence-electron chi connectivity index (χ2n) is 4.82. The minimum atomic E-state index is -0.118. The Bertz CT molecular complexity index is 779. The molecule has 3 aromatic rings. The number of aromatic nitrogens is 2. The van der Waals surface area contributed by atoms with Crippen LogP contribution < -0.4 is 9.78 Å². The number of carbonyl (C=O) groups excluding carboxylic acids is 1. The molecule has 0 aliphatic carbocycles. The van der Waals surface area contributed by atoms with Crippen molar-refractivity contribution >= 4 is 31.1 Å². The SMILES string of the molecule is O=C(Nc1ccccn1)c1ccccc1[Se]Cc1cccnc1. The first-order valence-electron chi connectivity index (χ1n) is 7.16. The van der Waals surface area contributed by atoms with Crippen molar-refractivity contribution in [3.8, 4) is 0 Å². The van der Waals surface area contributed by atoms with Gasteiger partial charge in [-0.25, -0.2) is 0 Å². The molecule has 2 aromatic heterocycles. The summed E-state index contributed by atoms with van der Waals surface area (Å²) in [6.07, 6.45) is 5.30. The third-order valence-electron chi connectivity index (χ3n) is 3.16. The number of rotatable bonds is 5. The molecule has 4 nitrogen and oxygen atoms in total.